The highest BCUT2D eigenvalue weighted by atomic mass is 35.5. The van der Waals surface area contributed by atoms with E-state index in [2.05, 4.69) is 5.32 Å². The number of hydrogen-bond acceptors (Lipinski definition) is 3. The van der Waals surface area contributed by atoms with Crippen molar-refractivity contribution in [3.05, 3.63) is 50.1 Å². The minimum absolute atomic E-state index is 0.418. The molecule has 0 aliphatic heterocycles. The maximum Gasteiger partial charge on any atom is 0.249 e. The van der Waals surface area contributed by atoms with E-state index in [9.17, 15) is 4.79 Å². The maximum atomic E-state index is 11.0. The predicted octanol–water partition coefficient (Wildman–Crippen LogP) is 3.77. The van der Waals surface area contributed by atoms with Crippen LogP contribution in [0.25, 0.3) is 0 Å². The van der Waals surface area contributed by atoms with Gasteiger partial charge in [0.15, 0.2) is 0 Å². The Morgan fingerprint density at radius 3 is 2.78 bits per heavy atom. The van der Waals surface area contributed by atoms with Crippen LogP contribution in [-0.4, -0.2) is 5.91 Å². The lowest BCUT2D eigenvalue weighted by atomic mass is 10.3. The molecule has 3 nitrogen and oxygen atoms in total. The van der Waals surface area contributed by atoms with Crippen molar-refractivity contribution in [2.75, 3.05) is 5.32 Å². The SMILES string of the molecule is NC(=O)c1csc(CNc2cc(Cl)ccc2Cl)c1. The Balaban J connectivity index is 2.06. The first kappa shape index (κ1) is 13.2. The first-order valence-corrected chi connectivity index (χ1v) is 6.76. The summed E-state index contributed by atoms with van der Waals surface area (Å²) in [5, 5.41) is 6.12. The van der Waals surface area contributed by atoms with Gasteiger partial charge < -0.3 is 11.1 Å². The molecule has 2 aromatic rings. The number of carbonyl (C=O) groups is 1. The summed E-state index contributed by atoms with van der Waals surface area (Å²) in [5.74, 6) is -0.418. The number of halogens is 2. The molecule has 0 radical (unpaired) electrons. The third-order valence-corrected chi connectivity index (χ3v) is 3.82. The average Bonchev–Trinajstić information content (AvgIpc) is 2.79. The highest BCUT2D eigenvalue weighted by Crippen LogP contribution is 2.26. The van der Waals surface area contributed by atoms with E-state index in [0.717, 1.165) is 10.6 Å². The van der Waals surface area contributed by atoms with Crippen LogP contribution in [0.2, 0.25) is 10.0 Å². The minimum Gasteiger partial charge on any atom is -0.379 e. The standard InChI is InChI=1S/C12H10Cl2N2OS/c13-8-1-2-10(14)11(4-8)16-5-9-3-7(6-18-9)12(15)17/h1-4,6,16H,5H2,(H2,15,17). The summed E-state index contributed by atoms with van der Waals surface area (Å²) in [5.41, 5.74) is 6.47. The Morgan fingerprint density at radius 1 is 1.33 bits per heavy atom. The molecule has 2 rings (SSSR count). The number of thiophene rings is 1. The van der Waals surface area contributed by atoms with E-state index >= 15 is 0 Å². The molecule has 0 unspecified atom stereocenters. The molecule has 1 amide bonds. The van der Waals surface area contributed by atoms with Crippen LogP contribution < -0.4 is 11.1 Å². The van der Waals surface area contributed by atoms with Crippen LogP contribution in [0.15, 0.2) is 29.6 Å². The van der Waals surface area contributed by atoms with Gasteiger partial charge in [-0.1, -0.05) is 23.2 Å². The molecule has 0 saturated heterocycles. The zero-order valence-corrected chi connectivity index (χ0v) is 11.6. The van der Waals surface area contributed by atoms with Crippen LogP contribution in [0.5, 0.6) is 0 Å². The lowest BCUT2D eigenvalue weighted by molar-refractivity contribution is 0.100. The number of primary amides is 1. The van der Waals surface area contributed by atoms with Crippen molar-refractivity contribution in [3.63, 3.8) is 0 Å². The van der Waals surface area contributed by atoms with Crippen molar-refractivity contribution in [1.82, 2.24) is 0 Å². The van der Waals surface area contributed by atoms with Crippen LogP contribution >= 0.6 is 34.5 Å². The van der Waals surface area contributed by atoms with Gasteiger partial charge in [0.25, 0.3) is 0 Å². The molecule has 6 heteroatoms. The van der Waals surface area contributed by atoms with E-state index in [0.29, 0.717) is 22.2 Å². The van der Waals surface area contributed by atoms with Crippen molar-refractivity contribution in [1.29, 1.82) is 0 Å². The number of benzene rings is 1. The third-order valence-electron chi connectivity index (χ3n) is 2.32. The zero-order chi connectivity index (χ0) is 13.1. The lowest BCUT2D eigenvalue weighted by Gasteiger charge is -2.07. The molecule has 3 N–H and O–H groups in total. The van der Waals surface area contributed by atoms with Gasteiger partial charge in [0.1, 0.15) is 0 Å². The summed E-state index contributed by atoms with van der Waals surface area (Å²) in [6.07, 6.45) is 0. The second kappa shape index (κ2) is 5.61. The third kappa shape index (κ3) is 3.16. The largest absolute Gasteiger partial charge is 0.379 e. The molecule has 0 atom stereocenters. The van der Waals surface area contributed by atoms with Gasteiger partial charge in [-0.3, -0.25) is 4.79 Å². The van der Waals surface area contributed by atoms with Gasteiger partial charge in [-0.2, -0.15) is 0 Å². The van der Waals surface area contributed by atoms with Gasteiger partial charge in [0.05, 0.1) is 16.3 Å². The highest BCUT2D eigenvalue weighted by Gasteiger charge is 2.06. The van der Waals surface area contributed by atoms with E-state index in [4.69, 9.17) is 28.9 Å². The van der Waals surface area contributed by atoms with Crippen LogP contribution in [0.1, 0.15) is 15.2 Å². The second-order valence-corrected chi connectivity index (χ2v) is 5.48. The molecule has 94 valence electrons. The van der Waals surface area contributed by atoms with E-state index in [1.54, 1.807) is 29.6 Å². The summed E-state index contributed by atoms with van der Waals surface area (Å²) in [6, 6.07) is 6.98. The predicted molar refractivity (Wildman–Crippen MR) is 76.6 cm³/mol. The number of amides is 1. The maximum absolute atomic E-state index is 11.0. The molecule has 1 aromatic carbocycles. The fourth-order valence-electron chi connectivity index (χ4n) is 1.42. The van der Waals surface area contributed by atoms with Gasteiger partial charge in [-0.25, -0.2) is 0 Å². The topological polar surface area (TPSA) is 55.1 Å². The summed E-state index contributed by atoms with van der Waals surface area (Å²) in [4.78, 5) is 12.0. The van der Waals surface area contributed by atoms with Crippen molar-refractivity contribution < 1.29 is 4.79 Å². The molecule has 0 aliphatic carbocycles. The monoisotopic (exact) mass is 300 g/mol. The molecular formula is C12H10Cl2N2OS. The Kier molecular flexibility index (Phi) is 4.11. The van der Waals surface area contributed by atoms with Gasteiger partial charge in [-0.15, -0.1) is 11.3 Å². The van der Waals surface area contributed by atoms with Crippen LogP contribution in [0.4, 0.5) is 5.69 Å². The fraction of sp³-hybridized carbons (Fsp3) is 0.0833. The average molecular weight is 301 g/mol. The molecule has 18 heavy (non-hydrogen) atoms. The van der Waals surface area contributed by atoms with E-state index in [1.807, 2.05) is 0 Å². The van der Waals surface area contributed by atoms with Crippen molar-refractivity contribution in [3.8, 4) is 0 Å². The number of hydrogen-bond donors (Lipinski definition) is 2. The number of anilines is 1. The summed E-state index contributed by atoms with van der Waals surface area (Å²) < 4.78 is 0. The zero-order valence-electron chi connectivity index (χ0n) is 9.24. The van der Waals surface area contributed by atoms with Gasteiger partial charge in [0.2, 0.25) is 5.91 Å². The number of rotatable bonds is 4. The number of nitrogens with one attached hydrogen (secondary N) is 1. The quantitative estimate of drug-likeness (QED) is 0.903. The first-order valence-electron chi connectivity index (χ1n) is 5.12. The molecule has 0 aliphatic rings. The molecular weight excluding hydrogens is 291 g/mol. The Hall–Kier alpha value is -1.23. The van der Waals surface area contributed by atoms with E-state index in [-0.39, 0.29) is 0 Å². The first-order chi connectivity index (χ1) is 8.56. The Morgan fingerprint density at radius 2 is 2.11 bits per heavy atom. The van der Waals surface area contributed by atoms with Crippen molar-refractivity contribution >= 4 is 46.1 Å². The van der Waals surface area contributed by atoms with Crippen molar-refractivity contribution in [2.45, 2.75) is 6.54 Å². The lowest BCUT2D eigenvalue weighted by Crippen LogP contribution is -2.09. The van der Waals surface area contributed by atoms with Gasteiger partial charge >= 0.3 is 0 Å². The Bertz CT molecular complexity index is 583. The highest BCUT2D eigenvalue weighted by molar-refractivity contribution is 7.10. The normalized spacial score (nSPS) is 10.3. The summed E-state index contributed by atoms with van der Waals surface area (Å²) in [7, 11) is 0. The minimum atomic E-state index is -0.418. The fourth-order valence-corrected chi connectivity index (χ4v) is 2.59. The molecule has 1 aromatic heterocycles. The Labute approximate surface area is 119 Å². The summed E-state index contributed by atoms with van der Waals surface area (Å²) in [6.45, 7) is 0.567. The smallest absolute Gasteiger partial charge is 0.249 e. The van der Waals surface area contributed by atoms with Crippen LogP contribution in [0, 0.1) is 0 Å². The molecule has 0 bridgehead atoms. The van der Waals surface area contributed by atoms with Crippen LogP contribution in [0.3, 0.4) is 0 Å². The molecule has 0 fully saturated rings. The van der Waals surface area contributed by atoms with Gasteiger partial charge in [0, 0.05) is 21.8 Å². The van der Waals surface area contributed by atoms with E-state index in [1.165, 1.54) is 11.3 Å². The number of nitrogens with two attached hydrogens (primary N) is 1. The van der Waals surface area contributed by atoms with Crippen LogP contribution in [-0.2, 0) is 6.54 Å². The van der Waals surface area contributed by atoms with Gasteiger partial charge in [-0.05, 0) is 24.3 Å². The molecule has 0 spiro atoms. The van der Waals surface area contributed by atoms with E-state index < -0.39 is 5.91 Å². The second-order valence-electron chi connectivity index (χ2n) is 3.64. The van der Waals surface area contributed by atoms with Crippen molar-refractivity contribution in [2.24, 2.45) is 5.73 Å². The number of carbonyl (C=O) groups excluding carboxylic acids is 1. The molecule has 0 saturated carbocycles. The summed E-state index contributed by atoms with van der Waals surface area (Å²) >= 11 is 13.4. The molecule has 1 heterocycles.